The maximum atomic E-state index is 12.9. The Morgan fingerprint density at radius 1 is 1.31 bits per heavy atom. The van der Waals surface area contributed by atoms with Crippen LogP contribution in [-0.2, 0) is 9.59 Å². The Labute approximate surface area is 145 Å². The lowest BCUT2D eigenvalue weighted by atomic mass is 9.96. The van der Waals surface area contributed by atoms with Crippen molar-refractivity contribution in [3.05, 3.63) is 34.4 Å². The second-order valence-electron chi connectivity index (χ2n) is 5.71. The summed E-state index contributed by atoms with van der Waals surface area (Å²) in [5.41, 5.74) is -0.302. The molecule has 0 bridgehead atoms. The number of amides is 1. The molecule has 0 aliphatic carbocycles. The minimum atomic E-state index is -4.72. The monoisotopic (exact) mass is 376 g/mol. The van der Waals surface area contributed by atoms with Crippen molar-refractivity contribution in [2.75, 3.05) is 19.7 Å². The maximum Gasteiger partial charge on any atom is 0.394 e. The number of carbonyl (C=O) groups is 2. The highest BCUT2D eigenvalue weighted by atomic mass is 19.4. The van der Waals surface area contributed by atoms with E-state index in [0.29, 0.717) is 0 Å². The van der Waals surface area contributed by atoms with Crippen molar-refractivity contribution in [1.82, 2.24) is 4.90 Å². The van der Waals surface area contributed by atoms with E-state index in [9.17, 15) is 32.9 Å². The number of nitrogens with zero attached hydrogens (tertiary/aromatic N) is 2. The number of carboxylic acids is 1. The Kier molecular flexibility index (Phi) is 5.68. The highest BCUT2D eigenvalue weighted by molar-refractivity contribution is 5.79. The molecular weight excluding hydrogens is 361 g/mol. The van der Waals surface area contributed by atoms with Crippen LogP contribution in [0.1, 0.15) is 6.42 Å². The molecule has 1 fully saturated rings. The zero-order valence-corrected chi connectivity index (χ0v) is 13.3. The van der Waals surface area contributed by atoms with E-state index in [4.69, 9.17) is 9.84 Å². The quantitative estimate of drug-likeness (QED) is 0.601. The predicted molar refractivity (Wildman–Crippen MR) is 80.5 cm³/mol. The number of carboxylic acid groups (broad SMARTS) is 1. The number of aliphatic carboxylic acids is 1. The number of para-hydroxylation sites is 2. The van der Waals surface area contributed by atoms with Crippen molar-refractivity contribution in [3.63, 3.8) is 0 Å². The third-order valence-corrected chi connectivity index (χ3v) is 4.05. The molecule has 1 aromatic carbocycles. The third kappa shape index (κ3) is 4.41. The molecule has 1 heterocycles. The molecule has 2 atom stereocenters. The summed E-state index contributed by atoms with van der Waals surface area (Å²) in [5.74, 6) is -6.22. The Morgan fingerprint density at radius 3 is 2.50 bits per heavy atom. The molecule has 2 rings (SSSR count). The van der Waals surface area contributed by atoms with Crippen LogP contribution in [0.4, 0.5) is 18.9 Å². The number of nitro benzene ring substituents is 1. The highest BCUT2D eigenvalue weighted by Gasteiger charge is 2.53. The fraction of sp³-hybridized carbons (Fsp3) is 0.467. The van der Waals surface area contributed by atoms with Crippen LogP contribution in [0.15, 0.2) is 24.3 Å². The van der Waals surface area contributed by atoms with Crippen molar-refractivity contribution < 1.29 is 37.5 Å². The molecule has 1 aliphatic rings. The summed E-state index contributed by atoms with van der Waals surface area (Å²) in [7, 11) is 0. The van der Waals surface area contributed by atoms with Crippen LogP contribution in [0.25, 0.3) is 0 Å². The Balaban J connectivity index is 1.95. The number of hydrogen-bond donors (Lipinski definition) is 1. The molecule has 8 nitrogen and oxygen atoms in total. The van der Waals surface area contributed by atoms with Crippen molar-refractivity contribution in [1.29, 1.82) is 0 Å². The Hall–Kier alpha value is -2.85. The van der Waals surface area contributed by atoms with Gasteiger partial charge < -0.3 is 14.7 Å². The summed E-state index contributed by atoms with van der Waals surface area (Å²) in [5, 5.41) is 19.8. The van der Waals surface area contributed by atoms with Gasteiger partial charge in [-0.05, 0) is 6.07 Å². The Morgan fingerprint density at radius 2 is 1.96 bits per heavy atom. The van der Waals surface area contributed by atoms with Gasteiger partial charge in [-0.25, -0.2) is 0 Å². The number of ether oxygens (including phenoxy) is 1. The number of benzene rings is 1. The van der Waals surface area contributed by atoms with E-state index >= 15 is 0 Å². The number of nitro groups is 1. The lowest BCUT2D eigenvalue weighted by Crippen LogP contribution is -2.34. The van der Waals surface area contributed by atoms with Gasteiger partial charge in [-0.3, -0.25) is 19.7 Å². The van der Waals surface area contributed by atoms with Crippen LogP contribution in [-0.4, -0.2) is 52.7 Å². The molecule has 0 radical (unpaired) electrons. The largest absolute Gasteiger partial charge is 0.486 e. The van der Waals surface area contributed by atoms with E-state index in [1.165, 1.54) is 24.3 Å². The minimum absolute atomic E-state index is 0.0664. The summed E-state index contributed by atoms with van der Waals surface area (Å²) >= 11 is 0. The number of likely N-dealkylation sites (tertiary alicyclic amines) is 1. The van der Waals surface area contributed by atoms with Crippen LogP contribution in [0.3, 0.4) is 0 Å². The zero-order chi connectivity index (χ0) is 19.5. The zero-order valence-electron chi connectivity index (χ0n) is 13.3. The van der Waals surface area contributed by atoms with Crippen LogP contribution >= 0.6 is 0 Å². The molecule has 26 heavy (non-hydrogen) atoms. The average Bonchev–Trinajstić information content (AvgIpc) is 3.01. The smallest absolute Gasteiger partial charge is 0.394 e. The minimum Gasteiger partial charge on any atom is -0.486 e. The summed E-state index contributed by atoms with van der Waals surface area (Å²) in [6.45, 7) is -1.55. The second kappa shape index (κ2) is 7.58. The van der Waals surface area contributed by atoms with Gasteiger partial charge in [0, 0.05) is 19.2 Å². The number of hydrogen-bond acceptors (Lipinski definition) is 5. The molecule has 1 aromatic rings. The fourth-order valence-corrected chi connectivity index (χ4v) is 2.73. The van der Waals surface area contributed by atoms with E-state index in [0.717, 1.165) is 4.90 Å². The van der Waals surface area contributed by atoms with Crippen LogP contribution < -0.4 is 4.74 Å². The van der Waals surface area contributed by atoms with E-state index in [2.05, 4.69) is 0 Å². The number of alkyl halides is 3. The van der Waals surface area contributed by atoms with Gasteiger partial charge in [-0.1, -0.05) is 12.1 Å². The lowest BCUT2D eigenvalue weighted by molar-refractivity contribution is -0.385. The maximum absolute atomic E-state index is 12.9. The van der Waals surface area contributed by atoms with Gasteiger partial charge in [-0.15, -0.1) is 0 Å². The second-order valence-corrected chi connectivity index (χ2v) is 5.71. The first kappa shape index (κ1) is 19.5. The van der Waals surface area contributed by atoms with Gasteiger partial charge >= 0.3 is 17.8 Å². The molecule has 1 aliphatic heterocycles. The lowest BCUT2D eigenvalue weighted by Gasteiger charge is -2.18. The van der Waals surface area contributed by atoms with Gasteiger partial charge in [0.15, 0.2) is 5.75 Å². The van der Waals surface area contributed by atoms with Gasteiger partial charge in [-0.2, -0.15) is 13.2 Å². The van der Waals surface area contributed by atoms with E-state index in [1.54, 1.807) is 0 Å². The molecule has 0 saturated carbocycles. The van der Waals surface area contributed by atoms with E-state index in [-0.39, 0.29) is 24.5 Å². The fourth-order valence-electron chi connectivity index (χ4n) is 2.73. The standard InChI is InChI=1S/C15H15F3N2O6/c16-15(17,18)10-8-19(7-9(10)14(22)23)13(21)5-6-26-12-4-2-1-3-11(12)20(24)25/h1-4,9-10H,5-8H2,(H,22,23)/t9-,10-/m1/s1. The summed E-state index contributed by atoms with van der Waals surface area (Å²) < 4.78 is 43.9. The SMILES string of the molecule is O=C(O)[C@@H]1CN(C(=O)CCOc2ccccc2[N+](=O)[O-])C[C@H]1C(F)(F)F. The van der Waals surface area contributed by atoms with Crippen molar-refractivity contribution >= 4 is 17.6 Å². The topological polar surface area (TPSA) is 110 Å². The summed E-state index contributed by atoms with van der Waals surface area (Å²) in [6.07, 6.45) is -5.05. The third-order valence-electron chi connectivity index (χ3n) is 4.05. The molecule has 1 amide bonds. The summed E-state index contributed by atoms with van der Waals surface area (Å²) in [4.78, 5) is 34.1. The van der Waals surface area contributed by atoms with Gasteiger partial charge in [0.05, 0.1) is 29.8 Å². The molecule has 0 unspecified atom stereocenters. The van der Waals surface area contributed by atoms with Gasteiger partial charge in [0.25, 0.3) is 0 Å². The number of rotatable bonds is 6. The predicted octanol–water partition coefficient (Wildman–Crippen LogP) is 2.09. The normalized spacial score (nSPS) is 20.0. The van der Waals surface area contributed by atoms with Crippen LogP contribution in [0.5, 0.6) is 5.75 Å². The number of carbonyl (C=O) groups excluding carboxylic acids is 1. The average molecular weight is 376 g/mol. The first-order valence-electron chi connectivity index (χ1n) is 7.54. The number of halogens is 3. The molecule has 1 N–H and O–H groups in total. The summed E-state index contributed by atoms with van der Waals surface area (Å²) in [6, 6.07) is 5.47. The Bertz CT molecular complexity index is 709. The van der Waals surface area contributed by atoms with Crippen molar-refractivity contribution in [2.24, 2.45) is 11.8 Å². The first-order valence-corrected chi connectivity index (χ1v) is 7.54. The first-order chi connectivity index (χ1) is 12.1. The molecular formula is C15H15F3N2O6. The van der Waals surface area contributed by atoms with Crippen LogP contribution in [0.2, 0.25) is 0 Å². The van der Waals surface area contributed by atoms with Crippen molar-refractivity contribution in [3.8, 4) is 5.75 Å². The highest BCUT2D eigenvalue weighted by Crippen LogP contribution is 2.38. The molecule has 11 heteroatoms. The van der Waals surface area contributed by atoms with Crippen molar-refractivity contribution in [2.45, 2.75) is 12.6 Å². The molecule has 1 saturated heterocycles. The van der Waals surface area contributed by atoms with E-state index < -0.39 is 47.9 Å². The van der Waals surface area contributed by atoms with Gasteiger partial charge in [0.2, 0.25) is 5.91 Å². The van der Waals surface area contributed by atoms with Crippen LogP contribution in [0, 0.1) is 22.0 Å². The molecule has 0 spiro atoms. The molecule has 142 valence electrons. The van der Waals surface area contributed by atoms with E-state index in [1.807, 2.05) is 0 Å². The van der Waals surface area contributed by atoms with Gasteiger partial charge in [0.1, 0.15) is 0 Å². The molecule has 0 aromatic heterocycles.